The maximum atomic E-state index is 11.0. The van der Waals surface area contributed by atoms with Crippen molar-refractivity contribution < 1.29 is 14.3 Å². The molecule has 2 heterocycles. The first-order valence-corrected chi connectivity index (χ1v) is 12.4. The van der Waals surface area contributed by atoms with Crippen LogP contribution in [0, 0.1) is 0 Å². The predicted molar refractivity (Wildman–Crippen MR) is 154 cm³/mol. The third-order valence-corrected chi connectivity index (χ3v) is 6.04. The maximum Gasteiger partial charge on any atom is 0.164 e. The fourth-order valence-electron chi connectivity index (χ4n) is 3.92. The highest BCUT2D eigenvalue weighted by Crippen LogP contribution is 2.38. The minimum absolute atomic E-state index is 0.368. The van der Waals surface area contributed by atoms with E-state index in [4.69, 9.17) is 19.4 Å². The molecule has 0 saturated carbocycles. The van der Waals surface area contributed by atoms with E-state index in [1.807, 2.05) is 31.3 Å². The van der Waals surface area contributed by atoms with E-state index in [0.717, 1.165) is 22.9 Å². The molecule has 0 atom stereocenters. The zero-order valence-corrected chi connectivity index (χ0v) is 22.4. The molecule has 1 aliphatic rings. The lowest BCUT2D eigenvalue weighted by Gasteiger charge is -2.31. The average molecular weight is 521 g/mol. The molecular formula is C27H36N8O3. The van der Waals surface area contributed by atoms with Crippen molar-refractivity contribution in [2.75, 3.05) is 76.6 Å². The van der Waals surface area contributed by atoms with E-state index >= 15 is 0 Å². The Morgan fingerprint density at radius 3 is 2.53 bits per heavy atom. The molecule has 0 amide bonds. The molecule has 0 unspecified atom stereocenters. The number of methoxy groups -OCH3 is 1. The summed E-state index contributed by atoms with van der Waals surface area (Å²) < 4.78 is 10.9. The fraction of sp³-hybridized carbons (Fsp3) is 0.407. The summed E-state index contributed by atoms with van der Waals surface area (Å²) >= 11 is 0. The molecule has 0 aliphatic carbocycles. The van der Waals surface area contributed by atoms with Gasteiger partial charge in [0.15, 0.2) is 23.7 Å². The summed E-state index contributed by atoms with van der Waals surface area (Å²) in [7, 11) is 3.61. The van der Waals surface area contributed by atoms with Crippen LogP contribution in [0.25, 0.3) is 11.4 Å². The van der Waals surface area contributed by atoms with E-state index in [2.05, 4.69) is 50.0 Å². The molecule has 1 aromatic carbocycles. The highest BCUT2D eigenvalue weighted by atomic mass is 16.5. The highest BCUT2D eigenvalue weighted by Gasteiger charge is 2.24. The van der Waals surface area contributed by atoms with Crippen molar-refractivity contribution in [2.24, 2.45) is 15.0 Å². The van der Waals surface area contributed by atoms with Gasteiger partial charge in [0.25, 0.3) is 0 Å². The van der Waals surface area contributed by atoms with Gasteiger partial charge < -0.3 is 19.3 Å². The van der Waals surface area contributed by atoms with Gasteiger partial charge in [-0.05, 0) is 51.7 Å². The molecule has 202 valence electrons. The molecule has 1 saturated heterocycles. The van der Waals surface area contributed by atoms with E-state index in [1.54, 1.807) is 7.11 Å². The number of allylic oxidation sites excluding steroid dienone is 1. The molecule has 0 N–H and O–H groups in total. The average Bonchev–Trinajstić information content (AvgIpc) is 2.97. The third-order valence-electron chi connectivity index (χ3n) is 6.04. The van der Waals surface area contributed by atoms with Crippen LogP contribution in [0.2, 0.25) is 0 Å². The first-order chi connectivity index (χ1) is 18.5. The Kier molecular flexibility index (Phi) is 11.1. The van der Waals surface area contributed by atoms with Crippen molar-refractivity contribution in [1.82, 2.24) is 14.9 Å². The summed E-state index contributed by atoms with van der Waals surface area (Å²) in [4.78, 5) is 39.6. The number of aromatic nitrogens is 2. The number of aliphatic imine (C=N–C) groups is 3. The molecule has 2 aromatic rings. The van der Waals surface area contributed by atoms with Crippen LogP contribution in [0.3, 0.4) is 0 Å². The second-order valence-corrected chi connectivity index (χ2v) is 8.57. The van der Waals surface area contributed by atoms with Gasteiger partial charge in [-0.1, -0.05) is 0 Å². The van der Waals surface area contributed by atoms with Gasteiger partial charge in [0.1, 0.15) is 11.4 Å². The monoisotopic (exact) mass is 520 g/mol. The largest absolute Gasteiger partial charge is 0.497 e. The van der Waals surface area contributed by atoms with E-state index in [9.17, 15) is 4.79 Å². The van der Waals surface area contributed by atoms with Crippen LogP contribution in [0.5, 0.6) is 5.75 Å². The lowest BCUT2D eigenvalue weighted by Crippen LogP contribution is -2.38. The SMILES string of the molecule is C=N/C=C(C=O)\C=N/CN(C)CCN(CC)c1nc(-c2ccc(OC)cc2)nc(N2CCOCC2)c1N=C. The van der Waals surface area contributed by atoms with Gasteiger partial charge in [0, 0.05) is 50.7 Å². The van der Waals surface area contributed by atoms with Gasteiger partial charge >= 0.3 is 0 Å². The maximum absolute atomic E-state index is 11.0. The smallest absolute Gasteiger partial charge is 0.164 e. The first-order valence-electron chi connectivity index (χ1n) is 12.4. The summed E-state index contributed by atoms with van der Waals surface area (Å²) in [6, 6.07) is 7.70. The predicted octanol–water partition coefficient (Wildman–Crippen LogP) is 2.89. The van der Waals surface area contributed by atoms with Crippen molar-refractivity contribution in [3.63, 3.8) is 0 Å². The normalized spacial score (nSPS) is 14.1. The summed E-state index contributed by atoms with van der Waals surface area (Å²) in [5, 5.41) is 0. The first kappa shape index (κ1) is 28.6. The number of rotatable bonds is 14. The zero-order valence-electron chi connectivity index (χ0n) is 22.4. The van der Waals surface area contributed by atoms with Crippen molar-refractivity contribution in [1.29, 1.82) is 0 Å². The lowest BCUT2D eigenvalue weighted by atomic mass is 10.2. The van der Waals surface area contributed by atoms with Crippen LogP contribution < -0.4 is 14.5 Å². The number of anilines is 2. The number of benzene rings is 1. The standard InChI is InChI=1S/C27H36N8O3/c1-6-34(12-11-33(4)20-30-18-21(19-36)17-28-2)26-24(29-3)27(35-13-15-38-16-14-35)32-25(31-26)22-7-9-23(37-5)10-8-22/h7-10,17-19H,2-3,6,11-16,20H2,1,4-5H3/b21-17+,30-18-. The van der Waals surface area contributed by atoms with Gasteiger partial charge in [-0.2, -0.15) is 0 Å². The van der Waals surface area contributed by atoms with Gasteiger partial charge in [-0.25, -0.2) is 9.97 Å². The second kappa shape index (κ2) is 14.7. The molecule has 1 aliphatic heterocycles. The summed E-state index contributed by atoms with van der Waals surface area (Å²) in [5.41, 5.74) is 1.91. The summed E-state index contributed by atoms with van der Waals surface area (Å²) in [6.45, 7) is 14.5. The number of likely N-dealkylation sites (N-methyl/N-ethyl adjacent to an activating group) is 2. The number of hydrogen-bond acceptors (Lipinski definition) is 11. The second-order valence-electron chi connectivity index (χ2n) is 8.57. The van der Waals surface area contributed by atoms with Crippen LogP contribution in [0.15, 0.2) is 51.0 Å². The van der Waals surface area contributed by atoms with E-state index in [-0.39, 0.29) is 0 Å². The molecule has 0 bridgehead atoms. The van der Waals surface area contributed by atoms with E-state index < -0.39 is 0 Å². The van der Waals surface area contributed by atoms with Crippen molar-refractivity contribution >= 4 is 43.3 Å². The van der Waals surface area contributed by atoms with Crippen LogP contribution in [-0.4, -0.2) is 108 Å². The third kappa shape index (κ3) is 7.53. The van der Waals surface area contributed by atoms with Gasteiger partial charge in [0.2, 0.25) is 0 Å². The lowest BCUT2D eigenvalue weighted by molar-refractivity contribution is -0.104. The van der Waals surface area contributed by atoms with Crippen LogP contribution in [0.4, 0.5) is 17.3 Å². The Balaban J connectivity index is 1.89. The minimum atomic E-state index is 0.368. The van der Waals surface area contributed by atoms with Gasteiger partial charge in [-0.3, -0.25) is 24.7 Å². The Labute approximate surface area is 224 Å². The molecule has 1 fully saturated rings. The number of nitrogens with zero attached hydrogens (tertiary/aromatic N) is 8. The van der Waals surface area contributed by atoms with Crippen molar-refractivity contribution in [2.45, 2.75) is 6.92 Å². The Hall–Kier alpha value is -3.96. The Morgan fingerprint density at radius 1 is 1.18 bits per heavy atom. The number of hydrogen-bond donors (Lipinski definition) is 0. The van der Waals surface area contributed by atoms with Gasteiger partial charge in [-0.15, -0.1) is 0 Å². The van der Waals surface area contributed by atoms with Crippen LogP contribution in [0.1, 0.15) is 6.92 Å². The molecule has 0 radical (unpaired) electrons. The van der Waals surface area contributed by atoms with E-state index in [1.165, 1.54) is 12.4 Å². The van der Waals surface area contributed by atoms with Crippen LogP contribution in [-0.2, 0) is 9.53 Å². The quantitative estimate of drug-likeness (QED) is 0.213. The molecule has 3 rings (SSSR count). The zero-order chi connectivity index (χ0) is 27.3. The number of morpholine rings is 1. The number of carbonyl (C=O) groups is 1. The molecule has 11 nitrogen and oxygen atoms in total. The highest BCUT2D eigenvalue weighted by molar-refractivity contribution is 6.01. The van der Waals surface area contributed by atoms with E-state index in [0.29, 0.717) is 76.0 Å². The molecule has 38 heavy (non-hydrogen) atoms. The Bertz CT molecular complexity index is 1140. The minimum Gasteiger partial charge on any atom is -0.497 e. The number of carbonyl (C=O) groups excluding carboxylic acids is 1. The molecule has 1 aromatic heterocycles. The van der Waals surface area contributed by atoms with Crippen LogP contribution >= 0.6 is 0 Å². The van der Waals surface area contributed by atoms with Gasteiger partial charge in [0.05, 0.1) is 32.6 Å². The van der Waals surface area contributed by atoms with Crippen molar-refractivity contribution in [3.8, 4) is 17.1 Å². The topological polar surface area (TPSA) is 108 Å². The Morgan fingerprint density at radius 2 is 1.92 bits per heavy atom. The summed E-state index contributed by atoms with van der Waals surface area (Å²) in [6.07, 6.45) is 3.57. The molecule has 11 heteroatoms. The number of ether oxygens (including phenoxy) is 2. The molecular weight excluding hydrogens is 484 g/mol. The number of aldehydes is 1. The molecule has 0 spiro atoms. The van der Waals surface area contributed by atoms with Crippen molar-refractivity contribution in [3.05, 3.63) is 36.0 Å². The fourth-order valence-corrected chi connectivity index (χ4v) is 3.92. The summed E-state index contributed by atoms with van der Waals surface area (Å²) in [5.74, 6) is 2.85.